The maximum Gasteiger partial charge on any atom is 0.247 e. The first kappa shape index (κ1) is 12.1. The van der Waals surface area contributed by atoms with Crippen molar-refractivity contribution in [2.75, 3.05) is 10.8 Å². The van der Waals surface area contributed by atoms with Crippen LogP contribution in [-0.4, -0.2) is 11.1 Å². The Morgan fingerprint density at radius 1 is 1.00 bits per heavy atom. The summed E-state index contributed by atoms with van der Waals surface area (Å²) < 4.78 is 0. The number of hydroxylamine groups is 1. The van der Waals surface area contributed by atoms with Crippen molar-refractivity contribution in [1.82, 2.24) is 0 Å². The monoisotopic (exact) mass is 242 g/mol. The van der Waals surface area contributed by atoms with Crippen LogP contribution in [0.15, 0.2) is 48.5 Å². The van der Waals surface area contributed by atoms with Gasteiger partial charge in [-0.25, -0.2) is 0 Å². The molecule has 0 atom stereocenters. The van der Waals surface area contributed by atoms with E-state index in [9.17, 15) is 10.0 Å². The van der Waals surface area contributed by atoms with E-state index in [-0.39, 0.29) is 0 Å². The fraction of sp³-hybridized carbons (Fsp3) is 0.0714. The molecular formula is C14H14N2O2. The minimum Gasteiger partial charge on any atom is -0.399 e. The Hall–Kier alpha value is -2.33. The number of hydrogen-bond acceptors (Lipinski definition) is 3. The lowest BCUT2D eigenvalue weighted by Crippen LogP contribution is -2.23. The molecule has 92 valence electrons. The molecule has 0 aliphatic carbocycles. The summed E-state index contributed by atoms with van der Waals surface area (Å²) in [6.45, 7) is 1.30. The van der Waals surface area contributed by atoms with E-state index in [1.165, 1.54) is 6.92 Å². The highest BCUT2D eigenvalue weighted by molar-refractivity contribution is 5.89. The van der Waals surface area contributed by atoms with Crippen molar-refractivity contribution >= 4 is 17.3 Å². The van der Waals surface area contributed by atoms with Gasteiger partial charge in [0, 0.05) is 12.6 Å². The van der Waals surface area contributed by atoms with Crippen molar-refractivity contribution in [2.24, 2.45) is 0 Å². The Morgan fingerprint density at radius 3 is 1.89 bits per heavy atom. The molecule has 0 saturated heterocycles. The standard InChI is InChI=1S/C14H14N2O2/c1-10(17)16(18)14-8-4-12(5-9-14)11-2-6-13(15)7-3-11/h2-9,18H,15H2,1H3. The number of rotatable bonds is 2. The molecule has 3 N–H and O–H groups in total. The number of carbonyl (C=O) groups is 1. The van der Waals surface area contributed by atoms with Crippen LogP contribution in [0, 0.1) is 0 Å². The van der Waals surface area contributed by atoms with Crippen molar-refractivity contribution in [2.45, 2.75) is 6.92 Å². The van der Waals surface area contributed by atoms with Crippen LogP contribution in [-0.2, 0) is 4.79 Å². The van der Waals surface area contributed by atoms with E-state index >= 15 is 0 Å². The highest BCUT2D eigenvalue weighted by Crippen LogP contribution is 2.23. The summed E-state index contributed by atoms with van der Waals surface area (Å²) in [6, 6.07) is 14.6. The molecule has 0 heterocycles. The van der Waals surface area contributed by atoms with Crippen LogP contribution in [0.2, 0.25) is 0 Å². The lowest BCUT2D eigenvalue weighted by molar-refractivity contribution is -0.121. The summed E-state index contributed by atoms with van der Waals surface area (Å²) >= 11 is 0. The largest absolute Gasteiger partial charge is 0.399 e. The van der Waals surface area contributed by atoms with Crippen LogP contribution < -0.4 is 10.8 Å². The SMILES string of the molecule is CC(=O)N(O)c1ccc(-c2ccc(N)cc2)cc1. The Kier molecular flexibility index (Phi) is 3.30. The normalized spacial score (nSPS) is 10.1. The van der Waals surface area contributed by atoms with Crippen molar-refractivity contribution in [1.29, 1.82) is 0 Å². The molecule has 0 spiro atoms. The summed E-state index contributed by atoms with van der Waals surface area (Å²) in [7, 11) is 0. The highest BCUT2D eigenvalue weighted by atomic mass is 16.5. The second-order valence-corrected chi connectivity index (χ2v) is 4.00. The summed E-state index contributed by atoms with van der Waals surface area (Å²) in [5, 5.41) is 10.1. The zero-order valence-electron chi connectivity index (χ0n) is 10.00. The first-order chi connectivity index (χ1) is 8.58. The molecule has 2 aromatic rings. The van der Waals surface area contributed by atoms with E-state index in [1.54, 1.807) is 12.1 Å². The van der Waals surface area contributed by atoms with Gasteiger partial charge in [-0.2, -0.15) is 5.06 Å². The predicted octanol–water partition coefficient (Wildman–Crippen LogP) is 2.68. The number of nitrogen functional groups attached to an aromatic ring is 1. The molecule has 0 bridgehead atoms. The van der Waals surface area contributed by atoms with E-state index in [0.29, 0.717) is 16.4 Å². The predicted molar refractivity (Wildman–Crippen MR) is 71.2 cm³/mol. The van der Waals surface area contributed by atoms with Crippen LogP contribution in [0.3, 0.4) is 0 Å². The average molecular weight is 242 g/mol. The van der Waals surface area contributed by atoms with Gasteiger partial charge in [0.1, 0.15) is 0 Å². The summed E-state index contributed by atoms with van der Waals surface area (Å²) in [5.41, 5.74) is 8.81. The van der Waals surface area contributed by atoms with Gasteiger partial charge in [0.2, 0.25) is 5.91 Å². The van der Waals surface area contributed by atoms with Gasteiger partial charge in [-0.05, 0) is 35.4 Å². The van der Waals surface area contributed by atoms with Gasteiger partial charge in [-0.15, -0.1) is 0 Å². The zero-order valence-corrected chi connectivity index (χ0v) is 10.00. The number of nitrogens with two attached hydrogens (primary N) is 1. The van der Waals surface area contributed by atoms with Crippen LogP contribution in [0.25, 0.3) is 11.1 Å². The molecule has 2 aromatic carbocycles. The van der Waals surface area contributed by atoms with E-state index in [0.717, 1.165) is 11.1 Å². The van der Waals surface area contributed by atoms with Gasteiger partial charge in [0.05, 0.1) is 5.69 Å². The fourth-order valence-corrected chi connectivity index (χ4v) is 1.65. The second-order valence-electron chi connectivity index (χ2n) is 4.00. The molecule has 0 aliphatic rings. The van der Waals surface area contributed by atoms with Gasteiger partial charge < -0.3 is 5.73 Å². The smallest absolute Gasteiger partial charge is 0.247 e. The van der Waals surface area contributed by atoms with Crippen molar-refractivity contribution in [3.63, 3.8) is 0 Å². The molecule has 1 amide bonds. The third-order valence-corrected chi connectivity index (χ3v) is 2.65. The Balaban J connectivity index is 2.27. The Labute approximate surface area is 105 Å². The average Bonchev–Trinajstić information content (AvgIpc) is 2.39. The number of nitrogens with zero attached hydrogens (tertiary/aromatic N) is 1. The van der Waals surface area contributed by atoms with E-state index in [2.05, 4.69) is 0 Å². The number of benzene rings is 2. The Bertz CT molecular complexity index is 547. The van der Waals surface area contributed by atoms with Crippen molar-refractivity contribution < 1.29 is 10.0 Å². The highest BCUT2D eigenvalue weighted by Gasteiger charge is 2.07. The lowest BCUT2D eigenvalue weighted by atomic mass is 10.1. The lowest BCUT2D eigenvalue weighted by Gasteiger charge is -2.12. The first-order valence-electron chi connectivity index (χ1n) is 5.53. The third kappa shape index (κ3) is 2.49. The number of amides is 1. The van der Waals surface area contributed by atoms with Crippen LogP contribution in [0.4, 0.5) is 11.4 Å². The quantitative estimate of drug-likeness (QED) is 0.483. The minimum absolute atomic E-state index is 0.421. The molecule has 4 nitrogen and oxygen atoms in total. The molecule has 18 heavy (non-hydrogen) atoms. The maximum absolute atomic E-state index is 11.0. The molecule has 0 aliphatic heterocycles. The Morgan fingerprint density at radius 2 is 1.44 bits per heavy atom. The van der Waals surface area contributed by atoms with Gasteiger partial charge >= 0.3 is 0 Å². The van der Waals surface area contributed by atoms with Gasteiger partial charge in [0.15, 0.2) is 0 Å². The molecule has 0 unspecified atom stereocenters. The van der Waals surface area contributed by atoms with Crippen LogP contribution in [0.1, 0.15) is 6.92 Å². The minimum atomic E-state index is -0.421. The van der Waals surface area contributed by atoms with Crippen LogP contribution in [0.5, 0.6) is 0 Å². The number of carbonyl (C=O) groups excluding carboxylic acids is 1. The molecule has 4 heteroatoms. The zero-order chi connectivity index (χ0) is 13.1. The number of hydrogen-bond donors (Lipinski definition) is 2. The van der Waals surface area contributed by atoms with Gasteiger partial charge in [-0.3, -0.25) is 10.0 Å². The van der Waals surface area contributed by atoms with E-state index in [1.807, 2.05) is 36.4 Å². The van der Waals surface area contributed by atoms with Crippen LogP contribution >= 0.6 is 0 Å². The summed E-state index contributed by atoms with van der Waals surface area (Å²) in [5.74, 6) is -0.421. The molecule has 2 rings (SSSR count). The van der Waals surface area contributed by atoms with Crippen molar-refractivity contribution in [3.8, 4) is 11.1 Å². The second kappa shape index (κ2) is 4.89. The molecule has 0 fully saturated rings. The topological polar surface area (TPSA) is 66.6 Å². The van der Waals surface area contributed by atoms with E-state index < -0.39 is 5.91 Å². The third-order valence-electron chi connectivity index (χ3n) is 2.65. The maximum atomic E-state index is 11.0. The molecule has 0 saturated carbocycles. The van der Waals surface area contributed by atoms with Gasteiger partial charge in [0.25, 0.3) is 0 Å². The first-order valence-corrected chi connectivity index (χ1v) is 5.53. The van der Waals surface area contributed by atoms with E-state index in [4.69, 9.17) is 5.73 Å². The fourth-order valence-electron chi connectivity index (χ4n) is 1.65. The van der Waals surface area contributed by atoms with Crippen molar-refractivity contribution in [3.05, 3.63) is 48.5 Å². The van der Waals surface area contributed by atoms with Gasteiger partial charge in [-0.1, -0.05) is 24.3 Å². The molecular weight excluding hydrogens is 228 g/mol. The molecule has 0 radical (unpaired) electrons. The molecule has 0 aromatic heterocycles. The summed E-state index contributed by atoms with van der Waals surface area (Å²) in [4.78, 5) is 11.0. The summed E-state index contributed by atoms with van der Waals surface area (Å²) in [6.07, 6.45) is 0. The number of anilines is 2.